The lowest BCUT2D eigenvalue weighted by Gasteiger charge is -1.97. The van der Waals surface area contributed by atoms with Crippen molar-refractivity contribution in [1.29, 1.82) is 5.26 Å². The van der Waals surface area contributed by atoms with E-state index in [0.717, 1.165) is 0 Å². The van der Waals surface area contributed by atoms with Crippen LogP contribution in [0.3, 0.4) is 0 Å². The van der Waals surface area contributed by atoms with Gasteiger partial charge < -0.3 is 0 Å². The summed E-state index contributed by atoms with van der Waals surface area (Å²) in [7, 11) is 0. The van der Waals surface area contributed by atoms with Gasteiger partial charge >= 0.3 is 0 Å². The van der Waals surface area contributed by atoms with Crippen LogP contribution in [0.4, 0.5) is 4.39 Å². The summed E-state index contributed by atoms with van der Waals surface area (Å²) in [4.78, 5) is 3.54. The molecule has 0 spiro atoms. The number of aryl methyl sites for hydroxylation is 1. The average Bonchev–Trinajstić information content (AvgIpc) is 2.01. The van der Waals surface area contributed by atoms with E-state index in [1.807, 2.05) is 0 Å². The van der Waals surface area contributed by atoms with Crippen LogP contribution in [-0.2, 0) is 0 Å². The molecule has 0 aliphatic heterocycles. The van der Waals surface area contributed by atoms with E-state index < -0.39 is 5.82 Å². The molecule has 4 heteroatoms. The summed E-state index contributed by atoms with van der Waals surface area (Å²) in [5.74, 6) is -0.742. The third kappa shape index (κ3) is 1.31. The molecule has 0 N–H and O–H groups in total. The van der Waals surface area contributed by atoms with Crippen LogP contribution in [0.25, 0.3) is 0 Å². The first-order valence-corrected chi connectivity index (χ1v) is 3.25. The molecule has 56 valence electrons. The summed E-state index contributed by atoms with van der Waals surface area (Å²) in [5.41, 5.74) is 0.267. The van der Waals surface area contributed by atoms with Gasteiger partial charge in [-0.25, -0.2) is 9.37 Å². The van der Waals surface area contributed by atoms with Crippen molar-refractivity contribution in [3.05, 3.63) is 28.3 Å². The second kappa shape index (κ2) is 2.85. The van der Waals surface area contributed by atoms with E-state index in [1.54, 1.807) is 13.0 Å². The fourth-order valence-corrected chi connectivity index (χ4v) is 0.768. The van der Waals surface area contributed by atoms with Gasteiger partial charge in [0.1, 0.15) is 6.07 Å². The Morgan fingerprint density at radius 1 is 1.73 bits per heavy atom. The first-order chi connectivity index (χ1) is 5.16. The normalized spacial score (nSPS) is 9.27. The van der Waals surface area contributed by atoms with E-state index in [-0.39, 0.29) is 10.7 Å². The number of hydrogen-bond acceptors (Lipinski definition) is 2. The third-order valence-corrected chi connectivity index (χ3v) is 1.70. The van der Waals surface area contributed by atoms with Crippen molar-refractivity contribution in [3.63, 3.8) is 0 Å². The minimum absolute atomic E-state index is 0.0310. The molecule has 0 aliphatic rings. The predicted octanol–water partition coefficient (Wildman–Crippen LogP) is 2.05. The molecular weight excluding hydrogens is 167 g/mol. The van der Waals surface area contributed by atoms with Gasteiger partial charge in [0.15, 0.2) is 11.5 Å². The molecule has 2 nitrogen and oxygen atoms in total. The van der Waals surface area contributed by atoms with Crippen molar-refractivity contribution >= 4 is 11.6 Å². The molecule has 0 aromatic carbocycles. The molecule has 0 atom stereocenters. The molecule has 0 amide bonds. The Hall–Kier alpha value is -1.14. The first kappa shape index (κ1) is 7.96. The number of nitriles is 1. The maximum absolute atomic E-state index is 12.8. The van der Waals surface area contributed by atoms with Crippen molar-refractivity contribution in [2.45, 2.75) is 6.92 Å². The fraction of sp³-hybridized carbons (Fsp3) is 0.143. The number of aromatic nitrogens is 1. The summed E-state index contributed by atoms with van der Waals surface area (Å²) < 4.78 is 12.8. The number of hydrogen-bond donors (Lipinski definition) is 0. The van der Waals surface area contributed by atoms with E-state index in [1.165, 1.54) is 6.20 Å². The Morgan fingerprint density at radius 3 is 2.91 bits per heavy atom. The molecule has 0 saturated carbocycles. The number of pyridine rings is 1. The lowest BCUT2D eigenvalue weighted by atomic mass is 10.3. The zero-order chi connectivity index (χ0) is 8.43. The van der Waals surface area contributed by atoms with E-state index in [0.29, 0.717) is 5.56 Å². The topological polar surface area (TPSA) is 36.7 Å². The number of nitrogens with zero attached hydrogens (tertiary/aromatic N) is 2. The number of rotatable bonds is 0. The average molecular weight is 171 g/mol. The summed E-state index contributed by atoms with van der Waals surface area (Å²) in [5, 5.41) is 8.29. The summed E-state index contributed by atoms with van der Waals surface area (Å²) in [6.45, 7) is 1.62. The molecule has 0 fully saturated rings. The van der Waals surface area contributed by atoms with Gasteiger partial charge in [0.05, 0.1) is 5.02 Å². The third-order valence-electron chi connectivity index (χ3n) is 1.24. The zero-order valence-electron chi connectivity index (χ0n) is 5.73. The number of halogens is 2. The Bertz CT molecular complexity index is 330. The van der Waals surface area contributed by atoms with Gasteiger partial charge in [-0.2, -0.15) is 5.26 Å². The van der Waals surface area contributed by atoms with Crippen molar-refractivity contribution in [3.8, 4) is 6.07 Å². The molecule has 0 bridgehead atoms. The van der Waals surface area contributed by atoms with Gasteiger partial charge in [-0.1, -0.05) is 11.6 Å². The lowest BCUT2D eigenvalue weighted by molar-refractivity contribution is 0.615. The molecule has 11 heavy (non-hydrogen) atoms. The highest BCUT2D eigenvalue weighted by Crippen LogP contribution is 2.19. The summed E-state index contributed by atoms with van der Waals surface area (Å²) >= 11 is 5.50. The predicted molar refractivity (Wildman–Crippen MR) is 38.7 cm³/mol. The summed E-state index contributed by atoms with van der Waals surface area (Å²) in [6, 6.07) is 1.59. The molecule has 0 radical (unpaired) electrons. The summed E-state index contributed by atoms with van der Waals surface area (Å²) in [6.07, 6.45) is 1.37. The van der Waals surface area contributed by atoms with Gasteiger partial charge in [-0.3, -0.25) is 0 Å². The van der Waals surface area contributed by atoms with Crippen LogP contribution < -0.4 is 0 Å². The molecule has 0 unspecified atom stereocenters. The maximum atomic E-state index is 12.8. The zero-order valence-corrected chi connectivity index (χ0v) is 6.48. The van der Waals surface area contributed by atoms with Crippen LogP contribution in [0.2, 0.25) is 5.02 Å². The van der Waals surface area contributed by atoms with Crippen LogP contribution in [0.5, 0.6) is 0 Å². The molecule has 0 aliphatic carbocycles. The highest BCUT2D eigenvalue weighted by atomic mass is 35.5. The lowest BCUT2D eigenvalue weighted by Crippen LogP contribution is -1.92. The SMILES string of the molecule is Cc1cnc(C#N)c(F)c1Cl. The highest BCUT2D eigenvalue weighted by molar-refractivity contribution is 6.31. The van der Waals surface area contributed by atoms with Crippen LogP contribution in [0.15, 0.2) is 6.20 Å². The monoisotopic (exact) mass is 170 g/mol. The molecule has 0 saturated heterocycles. The Balaban J connectivity index is 3.40. The maximum Gasteiger partial charge on any atom is 0.178 e. The Labute approximate surface area is 68.2 Å². The van der Waals surface area contributed by atoms with Gasteiger partial charge in [0, 0.05) is 6.20 Å². The van der Waals surface area contributed by atoms with Crippen LogP contribution in [-0.4, -0.2) is 4.98 Å². The van der Waals surface area contributed by atoms with Gasteiger partial charge in [-0.05, 0) is 12.5 Å². The highest BCUT2D eigenvalue weighted by Gasteiger charge is 2.09. The van der Waals surface area contributed by atoms with Gasteiger partial charge in [0.2, 0.25) is 0 Å². The van der Waals surface area contributed by atoms with E-state index in [2.05, 4.69) is 4.98 Å². The largest absolute Gasteiger partial charge is 0.242 e. The Kier molecular flexibility index (Phi) is 2.06. The molecular formula is C7H4ClFN2. The van der Waals surface area contributed by atoms with Gasteiger partial charge in [0.25, 0.3) is 0 Å². The van der Waals surface area contributed by atoms with Crippen LogP contribution in [0.1, 0.15) is 11.3 Å². The van der Waals surface area contributed by atoms with Crippen molar-refractivity contribution in [1.82, 2.24) is 4.98 Å². The van der Waals surface area contributed by atoms with Gasteiger partial charge in [-0.15, -0.1) is 0 Å². The quantitative estimate of drug-likeness (QED) is 0.598. The van der Waals surface area contributed by atoms with Crippen LogP contribution >= 0.6 is 11.6 Å². The minimum atomic E-state index is -0.742. The van der Waals surface area contributed by atoms with E-state index in [4.69, 9.17) is 16.9 Å². The Morgan fingerprint density at radius 2 is 2.36 bits per heavy atom. The van der Waals surface area contributed by atoms with E-state index in [9.17, 15) is 4.39 Å². The molecule has 1 aromatic heterocycles. The second-order valence-corrected chi connectivity index (χ2v) is 2.41. The van der Waals surface area contributed by atoms with Crippen molar-refractivity contribution < 1.29 is 4.39 Å². The second-order valence-electron chi connectivity index (χ2n) is 2.03. The van der Waals surface area contributed by atoms with Crippen LogP contribution in [0, 0.1) is 24.1 Å². The van der Waals surface area contributed by atoms with E-state index >= 15 is 0 Å². The molecule has 1 rings (SSSR count). The first-order valence-electron chi connectivity index (χ1n) is 2.87. The van der Waals surface area contributed by atoms with Crippen molar-refractivity contribution in [2.75, 3.05) is 0 Å². The van der Waals surface area contributed by atoms with Crippen molar-refractivity contribution in [2.24, 2.45) is 0 Å². The standard InChI is InChI=1S/C7H4ClFN2/c1-4-3-11-5(2-10)7(9)6(4)8/h3H,1H3. The smallest absolute Gasteiger partial charge is 0.178 e. The molecule has 1 heterocycles. The molecule has 1 aromatic rings. The fourth-order valence-electron chi connectivity index (χ4n) is 0.630. The minimum Gasteiger partial charge on any atom is -0.242 e.